The van der Waals surface area contributed by atoms with Gasteiger partial charge in [0.1, 0.15) is 0 Å². The molecule has 0 aromatic heterocycles. The highest BCUT2D eigenvalue weighted by atomic mass is 16.6. The lowest BCUT2D eigenvalue weighted by atomic mass is 10.1. The average molecular weight is 1360 g/mol. The summed E-state index contributed by atoms with van der Waals surface area (Å²) in [6.07, 6.45) is 8.93. The molecule has 0 fully saturated rings. The van der Waals surface area contributed by atoms with E-state index in [1.165, 1.54) is 0 Å². The fraction of sp³-hybridized carbons (Fsp3) is 0.969. The van der Waals surface area contributed by atoms with E-state index in [-0.39, 0.29) is 66.1 Å². The van der Waals surface area contributed by atoms with Crippen molar-refractivity contribution >= 4 is 11.8 Å². The molecule has 0 aliphatic carbocycles. The first kappa shape index (κ1) is 91.9. The number of hydrogen-bond donors (Lipinski definition) is 16. The Hall–Kier alpha value is -2.10. The lowest BCUT2D eigenvalue weighted by Crippen LogP contribution is -2.64. The Labute approximate surface area is 568 Å². The van der Waals surface area contributed by atoms with E-state index in [9.17, 15) is 19.8 Å². The molecule has 0 aromatic rings. The van der Waals surface area contributed by atoms with Crippen molar-refractivity contribution < 1.29 is 48.2 Å². The van der Waals surface area contributed by atoms with Gasteiger partial charge in [-0.05, 0) is 273 Å². The summed E-state index contributed by atoms with van der Waals surface area (Å²) in [5, 5.41) is 29.8. The van der Waals surface area contributed by atoms with E-state index >= 15 is 0 Å². The molecule has 2 atom stereocenters. The molecular weight excluding hydrogens is 1210 g/mol. The predicted molar refractivity (Wildman–Crippen MR) is 379 cm³/mol. The largest absolute Gasteiger partial charge is 0.380 e. The fourth-order valence-electron chi connectivity index (χ4n) is 10.8. The summed E-state index contributed by atoms with van der Waals surface area (Å²) < 4.78 is 39.1. The summed E-state index contributed by atoms with van der Waals surface area (Å²) in [7, 11) is 0. The zero-order valence-corrected chi connectivity index (χ0v) is 58.9. The Balaban J connectivity index is 7.49. The normalized spacial score (nSPS) is 13.1. The number of carbonyl (C=O) groups is 2. The Bertz CT molecular complexity index is 1440. The van der Waals surface area contributed by atoms with Gasteiger partial charge in [0.05, 0.1) is 39.6 Å². The van der Waals surface area contributed by atoms with Gasteiger partial charge in [-0.25, -0.2) is 0 Å². The number of rotatable bonds is 75. The molecule has 28 N–H and O–H groups in total. The van der Waals surface area contributed by atoms with Crippen molar-refractivity contribution in [3.8, 4) is 0 Å². The van der Waals surface area contributed by atoms with E-state index in [0.29, 0.717) is 130 Å². The van der Waals surface area contributed by atoms with Crippen LogP contribution >= 0.6 is 0 Å². The molecular formula is C64H146N20O10. The molecule has 0 saturated carbocycles. The quantitative estimate of drug-likeness (QED) is 0.0203. The van der Waals surface area contributed by atoms with Gasteiger partial charge < -0.3 is 147 Å². The molecule has 0 spiro atoms. The molecule has 2 unspecified atom stereocenters. The summed E-state index contributed by atoms with van der Waals surface area (Å²) in [5.41, 5.74) is 67.4. The van der Waals surface area contributed by atoms with Crippen LogP contribution in [0.5, 0.6) is 0 Å². The third-order valence-corrected chi connectivity index (χ3v) is 16.1. The van der Waals surface area contributed by atoms with Gasteiger partial charge in [-0.2, -0.15) is 0 Å². The van der Waals surface area contributed by atoms with Crippen LogP contribution in [-0.2, 0) is 38.0 Å². The van der Waals surface area contributed by atoms with Gasteiger partial charge >= 0.3 is 0 Å². The first-order chi connectivity index (χ1) is 45.8. The van der Waals surface area contributed by atoms with E-state index in [0.717, 1.165) is 182 Å². The van der Waals surface area contributed by atoms with Crippen LogP contribution in [0.1, 0.15) is 116 Å². The van der Waals surface area contributed by atoms with Crippen molar-refractivity contribution in [2.45, 2.75) is 139 Å². The molecule has 0 bridgehead atoms. The Morgan fingerprint density at radius 1 is 0.266 bits per heavy atom. The first-order valence-corrected chi connectivity index (χ1v) is 36.1. The van der Waals surface area contributed by atoms with Crippen LogP contribution < -0.4 is 79.4 Å². The number of nitrogens with two attached hydrogens (primary N) is 12. The number of amides is 2. The third-order valence-electron chi connectivity index (χ3n) is 16.1. The van der Waals surface area contributed by atoms with Gasteiger partial charge in [-0.15, -0.1) is 0 Å². The molecule has 30 heteroatoms. The second-order valence-corrected chi connectivity index (χ2v) is 24.6. The first-order valence-electron chi connectivity index (χ1n) is 36.1. The Kier molecular flexibility index (Phi) is 64.0. The van der Waals surface area contributed by atoms with Crippen LogP contribution in [0.15, 0.2) is 0 Å². The maximum atomic E-state index is 14.8. The Morgan fingerprint density at radius 2 is 0.415 bits per heavy atom. The number of carbonyl (C=O) groups excluding carboxylic acids is 2. The average Bonchev–Trinajstić information content (AvgIpc) is 0.856. The highest BCUT2D eigenvalue weighted by Crippen LogP contribution is 2.17. The van der Waals surface area contributed by atoms with Crippen molar-refractivity contribution in [3.05, 3.63) is 0 Å². The lowest BCUT2D eigenvalue weighted by molar-refractivity contribution is -0.180. The fourth-order valence-corrected chi connectivity index (χ4v) is 10.8. The van der Waals surface area contributed by atoms with Crippen LogP contribution in [0.2, 0.25) is 0 Å². The molecule has 2 amide bonds. The molecule has 0 aliphatic heterocycles. The number of nitrogens with one attached hydrogen (secondary N) is 2. The van der Waals surface area contributed by atoms with Crippen LogP contribution in [0.4, 0.5) is 0 Å². The maximum Gasteiger partial charge on any atom is 0.254 e. The van der Waals surface area contributed by atoms with Crippen molar-refractivity contribution in [2.24, 2.45) is 68.8 Å². The highest BCUT2D eigenvalue weighted by molar-refractivity contribution is 5.91. The summed E-state index contributed by atoms with van der Waals surface area (Å²) in [5.74, 6) is -2.19. The van der Waals surface area contributed by atoms with Gasteiger partial charge in [0, 0.05) is 65.7 Å². The summed E-state index contributed by atoms with van der Waals surface area (Å²) in [4.78, 5) is 43.3. The molecule has 94 heavy (non-hydrogen) atoms. The van der Waals surface area contributed by atoms with E-state index < -0.39 is 35.5 Å². The van der Waals surface area contributed by atoms with E-state index in [2.05, 4.69) is 40.0 Å². The SMILES string of the molecule is NCCCN(CCCN)CCCOCC(COCCCN(CCCN)CCCN)(NC(=O)C(O)C(O)C(=O)NC(COCCCN(CCCN)CCCN)(COCCCN(CCCN)CCCN)OCCCN(CCCN)CCCN)OCCCN(CCCN)CCCN. The number of ether oxygens (including phenoxy) is 6. The summed E-state index contributed by atoms with van der Waals surface area (Å²) in [6.45, 7) is 21.2. The zero-order chi connectivity index (χ0) is 69.4. The van der Waals surface area contributed by atoms with E-state index in [1.54, 1.807) is 0 Å². The Morgan fingerprint density at radius 3 is 0.574 bits per heavy atom. The molecule has 0 aromatic carbocycles. The number of aliphatic hydroxyl groups excluding tert-OH is 2. The molecule has 0 heterocycles. The van der Waals surface area contributed by atoms with Gasteiger partial charge in [0.15, 0.2) is 23.7 Å². The minimum Gasteiger partial charge on any atom is -0.380 e. The highest BCUT2D eigenvalue weighted by Gasteiger charge is 2.42. The van der Waals surface area contributed by atoms with Crippen molar-refractivity contribution in [1.29, 1.82) is 0 Å². The van der Waals surface area contributed by atoms with Crippen molar-refractivity contribution in [1.82, 2.24) is 40.0 Å². The summed E-state index contributed by atoms with van der Waals surface area (Å²) >= 11 is 0. The summed E-state index contributed by atoms with van der Waals surface area (Å²) in [6, 6.07) is 0. The smallest absolute Gasteiger partial charge is 0.254 e. The van der Waals surface area contributed by atoms with Crippen LogP contribution in [-0.4, -0.2) is 337 Å². The van der Waals surface area contributed by atoms with E-state index in [1.807, 2.05) is 0 Å². The second-order valence-electron chi connectivity index (χ2n) is 24.6. The lowest BCUT2D eigenvalue weighted by Gasteiger charge is -2.37. The van der Waals surface area contributed by atoms with Crippen LogP contribution in [0.3, 0.4) is 0 Å². The molecule has 562 valence electrons. The maximum absolute atomic E-state index is 14.8. The monoisotopic (exact) mass is 1360 g/mol. The topological polar surface area (TPSA) is 486 Å². The number of hydrogen-bond acceptors (Lipinski definition) is 28. The minimum absolute atomic E-state index is 0.141. The van der Waals surface area contributed by atoms with Gasteiger partial charge in [0.25, 0.3) is 11.8 Å². The number of aliphatic hydroxyl groups is 2. The molecule has 0 rings (SSSR count). The van der Waals surface area contributed by atoms with Crippen molar-refractivity contribution in [3.63, 3.8) is 0 Å². The van der Waals surface area contributed by atoms with Crippen LogP contribution in [0, 0.1) is 0 Å². The molecule has 0 aliphatic rings. The molecule has 30 nitrogen and oxygen atoms in total. The van der Waals surface area contributed by atoms with Gasteiger partial charge in [-0.3, -0.25) is 9.59 Å². The van der Waals surface area contributed by atoms with Crippen molar-refractivity contribution in [2.75, 3.05) is 262 Å². The van der Waals surface area contributed by atoms with Crippen LogP contribution in [0.25, 0.3) is 0 Å². The minimum atomic E-state index is -2.32. The molecule has 0 saturated heterocycles. The third kappa shape index (κ3) is 49.4. The predicted octanol–water partition coefficient (Wildman–Crippen LogP) is -4.23. The molecule has 0 radical (unpaired) electrons. The van der Waals surface area contributed by atoms with Gasteiger partial charge in [-0.1, -0.05) is 0 Å². The van der Waals surface area contributed by atoms with E-state index in [4.69, 9.17) is 97.2 Å². The standard InChI is InChI=1S/C64H146N20O10/c65-19-1-31-79(32-2-20-66)43-13-49-89-55-63(93-53-17-47-83(39-9-27-73)40-10-28-74,56-90-50-14-44-80(33-3-21-67)34-4-22-68)77-61(87)59(85)60(86)62(88)78-64(94-54-18-48-84(41-11-29-75)42-12-30-76,57-91-51-15-45-81(35-5-23-69)36-6-24-70)58-92-52-16-46-82(37-7-25-71)38-8-26-72/h59-60,85-86H,1-58,65-76H2,(H,77,87)(H,78,88). The van der Waals surface area contributed by atoms with Gasteiger partial charge in [0.2, 0.25) is 0 Å². The number of nitrogens with zero attached hydrogens (tertiary/aromatic N) is 6. The zero-order valence-electron chi connectivity index (χ0n) is 58.9. The second kappa shape index (κ2) is 65.5.